The molecule has 54 valence electrons. The van der Waals surface area contributed by atoms with Gasteiger partial charge in [-0.25, -0.2) is 0 Å². The van der Waals surface area contributed by atoms with E-state index in [2.05, 4.69) is 11.2 Å². The van der Waals surface area contributed by atoms with Crippen molar-refractivity contribution in [2.75, 3.05) is 6.61 Å². The van der Waals surface area contributed by atoms with Gasteiger partial charge in [0.25, 0.3) is 0 Å². The number of amides is 1. The number of nitrogens with one attached hydrogen (secondary N) is 1. The Morgan fingerprint density at radius 2 is 2.50 bits per heavy atom. The third kappa shape index (κ3) is 0.981. The molecule has 1 aliphatic heterocycles. The average Bonchev–Trinajstić information content (AvgIpc) is 1.95. The maximum absolute atomic E-state index is 10.7. The molecule has 1 rings (SSSR count). The quantitative estimate of drug-likeness (QED) is 0.385. The van der Waals surface area contributed by atoms with Gasteiger partial charge >= 0.3 is 0 Å². The minimum Gasteiger partial charge on any atom is -0.396 e. The predicted octanol–water partition coefficient (Wildman–Crippen LogP) is -0.883. The Kier molecular flexibility index (Phi) is 1.93. The summed E-state index contributed by atoms with van der Waals surface area (Å²) in [6.07, 6.45) is 5.54. The van der Waals surface area contributed by atoms with E-state index in [-0.39, 0.29) is 24.5 Å². The van der Waals surface area contributed by atoms with Crippen LogP contribution in [0.15, 0.2) is 0 Å². The van der Waals surface area contributed by atoms with Gasteiger partial charge in [-0.15, -0.1) is 6.42 Å². The fourth-order valence-corrected chi connectivity index (χ4v) is 1.01. The summed E-state index contributed by atoms with van der Waals surface area (Å²) in [5.41, 5.74) is 0. The number of carbonyl (C=O) groups is 1. The van der Waals surface area contributed by atoms with Gasteiger partial charge in [-0.1, -0.05) is 5.92 Å². The lowest BCUT2D eigenvalue weighted by Crippen LogP contribution is -2.57. The lowest BCUT2D eigenvalue weighted by molar-refractivity contribution is -0.133. The first-order chi connectivity index (χ1) is 4.79. The zero-order valence-corrected chi connectivity index (χ0v) is 5.50. The van der Waals surface area contributed by atoms with Crippen LogP contribution < -0.4 is 5.32 Å². The highest BCUT2D eigenvalue weighted by Crippen LogP contribution is 2.17. The molecule has 1 saturated heterocycles. The number of hydrogen-bond acceptors (Lipinski definition) is 2. The van der Waals surface area contributed by atoms with E-state index >= 15 is 0 Å². The van der Waals surface area contributed by atoms with E-state index in [1.54, 1.807) is 0 Å². The molecule has 0 saturated carbocycles. The van der Waals surface area contributed by atoms with Crippen LogP contribution in [0.2, 0.25) is 0 Å². The third-order valence-corrected chi connectivity index (χ3v) is 1.66. The summed E-state index contributed by atoms with van der Waals surface area (Å²) in [4.78, 5) is 10.7. The predicted molar refractivity (Wildman–Crippen MR) is 36.0 cm³/mol. The molecule has 0 aliphatic carbocycles. The minimum atomic E-state index is -0.157. The van der Waals surface area contributed by atoms with Crippen LogP contribution in [0.3, 0.4) is 0 Å². The van der Waals surface area contributed by atoms with Gasteiger partial charge in [-0.3, -0.25) is 4.79 Å². The Labute approximate surface area is 59.4 Å². The third-order valence-electron chi connectivity index (χ3n) is 1.66. The number of aliphatic hydroxyl groups excluding tert-OH is 1. The summed E-state index contributed by atoms with van der Waals surface area (Å²) in [5, 5.41) is 11.0. The molecule has 3 nitrogen and oxygen atoms in total. The van der Waals surface area contributed by atoms with Crippen LogP contribution in [0.1, 0.15) is 6.42 Å². The number of carbonyl (C=O) groups excluding carboxylic acids is 1. The van der Waals surface area contributed by atoms with Crippen molar-refractivity contribution in [3.8, 4) is 12.3 Å². The lowest BCUT2D eigenvalue weighted by atomic mass is 9.88. The number of rotatable bonds is 2. The van der Waals surface area contributed by atoms with E-state index in [1.165, 1.54) is 0 Å². The first-order valence-corrected chi connectivity index (χ1v) is 3.17. The fourth-order valence-electron chi connectivity index (χ4n) is 1.01. The summed E-state index contributed by atoms with van der Waals surface area (Å²) in [7, 11) is 0. The van der Waals surface area contributed by atoms with Gasteiger partial charge in [0.1, 0.15) is 6.04 Å². The Morgan fingerprint density at radius 1 is 1.80 bits per heavy atom. The highest BCUT2D eigenvalue weighted by atomic mass is 16.3. The molecule has 2 N–H and O–H groups in total. The van der Waals surface area contributed by atoms with Gasteiger partial charge in [0, 0.05) is 6.61 Å². The Balaban J connectivity index is 2.42. The van der Waals surface area contributed by atoms with E-state index in [0.717, 1.165) is 0 Å². The zero-order chi connectivity index (χ0) is 7.56. The van der Waals surface area contributed by atoms with Crippen molar-refractivity contribution in [2.24, 2.45) is 5.92 Å². The van der Waals surface area contributed by atoms with E-state index in [4.69, 9.17) is 11.5 Å². The van der Waals surface area contributed by atoms with Crippen LogP contribution in [0.4, 0.5) is 0 Å². The molecule has 0 spiro atoms. The molecule has 0 unspecified atom stereocenters. The topological polar surface area (TPSA) is 49.3 Å². The smallest absolute Gasteiger partial charge is 0.227 e. The van der Waals surface area contributed by atoms with Crippen LogP contribution in [-0.4, -0.2) is 23.7 Å². The largest absolute Gasteiger partial charge is 0.396 e. The number of terminal acetylenes is 1. The summed E-state index contributed by atoms with van der Waals surface area (Å²) in [6, 6.07) is -0.153. The molecule has 1 aliphatic rings. The zero-order valence-electron chi connectivity index (χ0n) is 5.50. The summed E-state index contributed by atoms with van der Waals surface area (Å²) in [6.45, 7) is 0.0241. The van der Waals surface area contributed by atoms with Crippen molar-refractivity contribution in [1.82, 2.24) is 5.32 Å². The van der Waals surface area contributed by atoms with Gasteiger partial charge in [0.05, 0.1) is 5.92 Å². The van der Waals surface area contributed by atoms with Crippen molar-refractivity contribution in [3.63, 3.8) is 0 Å². The second-order valence-corrected chi connectivity index (χ2v) is 2.27. The number of β-lactam (4-membered cyclic amide) rings is 1. The second-order valence-electron chi connectivity index (χ2n) is 2.27. The number of aliphatic hydroxyl groups is 1. The van der Waals surface area contributed by atoms with Gasteiger partial charge in [0.15, 0.2) is 0 Å². The normalized spacial score (nSPS) is 30.2. The first-order valence-electron chi connectivity index (χ1n) is 3.17. The van der Waals surface area contributed by atoms with E-state index in [0.29, 0.717) is 6.42 Å². The van der Waals surface area contributed by atoms with Crippen molar-refractivity contribution < 1.29 is 9.90 Å². The summed E-state index contributed by atoms with van der Waals surface area (Å²) >= 11 is 0. The van der Waals surface area contributed by atoms with Crippen molar-refractivity contribution in [3.05, 3.63) is 0 Å². The van der Waals surface area contributed by atoms with Crippen LogP contribution in [-0.2, 0) is 4.79 Å². The monoisotopic (exact) mass is 139 g/mol. The number of hydrogen-bond donors (Lipinski definition) is 2. The molecule has 3 heteroatoms. The Hall–Kier alpha value is -1.01. The van der Waals surface area contributed by atoms with Gasteiger partial charge in [-0.2, -0.15) is 0 Å². The van der Waals surface area contributed by atoms with Crippen molar-refractivity contribution >= 4 is 5.91 Å². The Bertz CT molecular complexity index is 183. The van der Waals surface area contributed by atoms with E-state index in [9.17, 15) is 4.79 Å². The highest BCUT2D eigenvalue weighted by molar-refractivity contribution is 5.87. The van der Waals surface area contributed by atoms with Crippen molar-refractivity contribution in [2.45, 2.75) is 12.5 Å². The molecule has 0 aromatic carbocycles. The molecular formula is C7H9NO2. The average molecular weight is 139 g/mol. The molecule has 0 radical (unpaired) electrons. The molecule has 0 aromatic rings. The first kappa shape index (κ1) is 7.10. The maximum Gasteiger partial charge on any atom is 0.227 e. The SMILES string of the molecule is C#C[C@H]1NC(=O)[C@@H]1CCO. The fraction of sp³-hybridized carbons (Fsp3) is 0.571. The van der Waals surface area contributed by atoms with Crippen LogP contribution in [0, 0.1) is 18.3 Å². The van der Waals surface area contributed by atoms with Gasteiger partial charge in [-0.05, 0) is 6.42 Å². The van der Waals surface area contributed by atoms with E-state index < -0.39 is 0 Å². The minimum absolute atomic E-state index is 0.0241. The molecule has 2 atom stereocenters. The van der Waals surface area contributed by atoms with Crippen LogP contribution in [0.25, 0.3) is 0 Å². The van der Waals surface area contributed by atoms with Gasteiger partial charge < -0.3 is 10.4 Å². The molecule has 1 heterocycles. The van der Waals surface area contributed by atoms with E-state index in [1.807, 2.05) is 0 Å². The molecule has 0 aromatic heterocycles. The van der Waals surface area contributed by atoms with Crippen LogP contribution >= 0.6 is 0 Å². The highest BCUT2D eigenvalue weighted by Gasteiger charge is 2.36. The van der Waals surface area contributed by atoms with Crippen molar-refractivity contribution in [1.29, 1.82) is 0 Å². The molecule has 0 bridgehead atoms. The molecule has 10 heavy (non-hydrogen) atoms. The Morgan fingerprint density at radius 3 is 2.90 bits per heavy atom. The van der Waals surface area contributed by atoms with Gasteiger partial charge in [0.2, 0.25) is 5.91 Å². The lowest BCUT2D eigenvalue weighted by Gasteiger charge is -2.32. The summed E-state index contributed by atoms with van der Waals surface area (Å²) < 4.78 is 0. The van der Waals surface area contributed by atoms with Crippen LogP contribution in [0.5, 0.6) is 0 Å². The molecule has 1 amide bonds. The molecule has 1 fully saturated rings. The standard InChI is InChI=1S/C7H9NO2/c1-2-6-5(3-4-9)7(10)8-6/h1,5-6,9H,3-4H2,(H,8,10)/t5-,6-/m1/s1. The maximum atomic E-state index is 10.7. The summed E-state index contributed by atoms with van der Waals surface area (Å²) in [5.74, 6) is 2.22. The second kappa shape index (κ2) is 2.72. The molecular weight excluding hydrogens is 130 g/mol.